The molecule has 0 aromatic rings. The minimum absolute atomic E-state index is 0.631. The molecule has 0 radical (unpaired) electrons. The standard InChI is InChI=1S/C11H21N/c1-5-11(8-12)7-6-10(4)9(2)3/h6-10H,5,12H2,1-4H3/b7-6-,11-8+. The average molecular weight is 167 g/mol. The predicted molar refractivity (Wildman–Crippen MR) is 55.7 cm³/mol. The second-order valence-electron chi connectivity index (χ2n) is 3.56. The van der Waals surface area contributed by atoms with Gasteiger partial charge in [-0.05, 0) is 30.0 Å². The monoisotopic (exact) mass is 167 g/mol. The molecular formula is C11H21N. The van der Waals surface area contributed by atoms with Crippen molar-refractivity contribution in [3.8, 4) is 0 Å². The number of nitrogens with two attached hydrogens (primary N) is 1. The number of hydrogen-bond donors (Lipinski definition) is 1. The quantitative estimate of drug-likeness (QED) is 0.640. The van der Waals surface area contributed by atoms with Crippen LogP contribution in [-0.4, -0.2) is 0 Å². The molecule has 0 aliphatic heterocycles. The second kappa shape index (κ2) is 5.87. The van der Waals surface area contributed by atoms with Gasteiger partial charge in [0.2, 0.25) is 0 Å². The summed E-state index contributed by atoms with van der Waals surface area (Å²) in [6.07, 6.45) is 7.05. The van der Waals surface area contributed by atoms with Crippen molar-refractivity contribution < 1.29 is 0 Å². The van der Waals surface area contributed by atoms with Gasteiger partial charge in [0.15, 0.2) is 0 Å². The first-order valence-corrected chi connectivity index (χ1v) is 4.70. The molecule has 0 rings (SSSR count). The van der Waals surface area contributed by atoms with Gasteiger partial charge in [0.25, 0.3) is 0 Å². The normalized spacial score (nSPS) is 15.9. The fraction of sp³-hybridized carbons (Fsp3) is 0.636. The van der Waals surface area contributed by atoms with Crippen LogP contribution >= 0.6 is 0 Å². The Balaban J connectivity index is 4.05. The van der Waals surface area contributed by atoms with E-state index >= 15 is 0 Å². The lowest BCUT2D eigenvalue weighted by atomic mass is 9.97. The lowest BCUT2D eigenvalue weighted by Crippen LogP contribution is -1.99. The summed E-state index contributed by atoms with van der Waals surface area (Å²) in [5.41, 5.74) is 6.64. The molecule has 0 aliphatic carbocycles. The Bertz CT molecular complexity index is 166. The summed E-state index contributed by atoms with van der Waals surface area (Å²) in [6, 6.07) is 0. The summed E-state index contributed by atoms with van der Waals surface area (Å²) in [6.45, 7) is 8.80. The van der Waals surface area contributed by atoms with Gasteiger partial charge < -0.3 is 5.73 Å². The van der Waals surface area contributed by atoms with Crippen molar-refractivity contribution in [2.45, 2.75) is 34.1 Å². The molecule has 1 heteroatoms. The van der Waals surface area contributed by atoms with E-state index in [0.717, 1.165) is 6.42 Å². The molecule has 0 amide bonds. The molecule has 70 valence electrons. The van der Waals surface area contributed by atoms with Gasteiger partial charge in [-0.25, -0.2) is 0 Å². The van der Waals surface area contributed by atoms with Crippen LogP contribution in [0.1, 0.15) is 34.1 Å². The molecule has 1 nitrogen and oxygen atoms in total. The van der Waals surface area contributed by atoms with Crippen LogP contribution in [0.15, 0.2) is 23.9 Å². The van der Waals surface area contributed by atoms with Gasteiger partial charge in [0, 0.05) is 0 Å². The molecular weight excluding hydrogens is 146 g/mol. The Morgan fingerprint density at radius 3 is 2.25 bits per heavy atom. The Morgan fingerprint density at radius 2 is 1.92 bits per heavy atom. The summed E-state index contributed by atoms with van der Waals surface area (Å²) in [5.74, 6) is 1.34. The Kier molecular flexibility index (Phi) is 5.52. The molecule has 0 aromatic heterocycles. The van der Waals surface area contributed by atoms with Gasteiger partial charge in [-0.3, -0.25) is 0 Å². The Hall–Kier alpha value is -0.720. The van der Waals surface area contributed by atoms with E-state index < -0.39 is 0 Å². The summed E-state index contributed by atoms with van der Waals surface area (Å²) >= 11 is 0. The molecule has 1 unspecified atom stereocenters. The van der Waals surface area contributed by atoms with Crippen molar-refractivity contribution >= 4 is 0 Å². The van der Waals surface area contributed by atoms with Gasteiger partial charge >= 0.3 is 0 Å². The first kappa shape index (κ1) is 11.3. The van der Waals surface area contributed by atoms with Gasteiger partial charge in [-0.15, -0.1) is 0 Å². The third-order valence-corrected chi connectivity index (χ3v) is 2.29. The highest BCUT2D eigenvalue weighted by molar-refractivity contribution is 5.17. The smallest absolute Gasteiger partial charge is 0.00299 e. The van der Waals surface area contributed by atoms with Crippen LogP contribution in [0.3, 0.4) is 0 Å². The minimum atomic E-state index is 0.631. The number of rotatable bonds is 4. The van der Waals surface area contributed by atoms with Gasteiger partial charge in [-0.1, -0.05) is 39.8 Å². The summed E-state index contributed by atoms with van der Waals surface area (Å²) in [4.78, 5) is 0. The van der Waals surface area contributed by atoms with E-state index in [9.17, 15) is 0 Å². The van der Waals surface area contributed by atoms with Gasteiger partial charge in [0.05, 0.1) is 0 Å². The van der Waals surface area contributed by atoms with Crippen LogP contribution in [0.5, 0.6) is 0 Å². The summed E-state index contributed by atoms with van der Waals surface area (Å²) in [5, 5.41) is 0. The van der Waals surface area contributed by atoms with Gasteiger partial charge in [0.1, 0.15) is 0 Å². The van der Waals surface area contributed by atoms with E-state index in [1.54, 1.807) is 6.20 Å². The van der Waals surface area contributed by atoms with Crippen molar-refractivity contribution in [2.24, 2.45) is 17.6 Å². The molecule has 2 N–H and O–H groups in total. The maximum Gasteiger partial charge on any atom is -0.00299 e. The zero-order valence-electron chi connectivity index (χ0n) is 8.67. The third-order valence-electron chi connectivity index (χ3n) is 2.29. The van der Waals surface area contributed by atoms with Crippen LogP contribution in [0.4, 0.5) is 0 Å². The molecule has 0 aliphatic rings. The highest BCUT2D eigenvalue weighted by Gasteiger charge is 2.01. The van der Waals surface area contributed by atoms with Crippen molar-refractivity contribution in [3.63, 3.8) is 0 Å². The first-order valence-electron chi connectivity index (χ1n) is 4.70. The van der Waals surface area contributed by atoms with E-state index in [1.165, 1.54) is 5.57 Å². The van der Waals surface area contributed by atoms with Crippen molar-refractivity contribution in [1.29, 1.82) is 0 Å². The average Bonchev–Trinajstić information content (AvgIpc) is 2.05. The van der Waals surface area contributed by atoms with Crippen LogP contribution < -0.4 is 5.73 Å². The van der Waals surface area contributed by atoms with Gasteiger partial charge in [-0.2, -0.15) is 0 Å². The molecule has 0 bridgehead atoms. The molecule has 0 saturated heterocycles. The SMILES string of the molecule is CCC(/C=C\C(C)C(C)C)=C\N. The fourth-order valence-corrected chi connectivity index (χ4v) is 0.789. The largest absolute Gasteiger partial charge is 0.404 e. The summed E-state index contributed by atoms with van der Waals surface area (Å²) in [7, 11) is 0. The maximum atomic E-state index is 5.43. The molecule has 0 spiro atoms. The topological polar surface area (TPSA) is 26.0 Å². The molecule has 12 heavy (non-hydrogen) atoms. The highest BCUT2D eigenvalue weighted by Crippen LogP contribution is 2.12. The zero-order chi connectivity index (χ0) is 9.56. The molecule has 0 saturated carbocycles. The van der Waals surface area contributed by atoms with E-state index in [-0.39, 0.29) is 0 Å². The second-order valence-corrected chi connectivity index (χ2v) is 3.56. The van der Waals surface area contributed by atoms with Crippen LogP contribution in [0.25, 0.3) is 0 Å². The van der Waals surface area contributed by atoms with E-state index in [4.69, 9.17) is 5.73 Å². The van der Waals surface area contributed by atoms with Crippen LogP contribution in [0, 0.1) is 11.8 Å². The summed E-state index contributed by atoms with van der Waals surface area (Å²) < 4.78 is 0. The lowest BCUT2D eigenvalue weighted by molar-refractivity contribution is 0.504. The number of hydrogen-bond acceptors (Lipinski definition) is 1. The van der Waals surface area contributed by atoms with Crippen LogP contribution in [0.2, 0.25) is 0 Å². The first-order chi connectivity index (χ1) is 5.61. The van der Waals surface area contributed by atoms with E-state index in [0.29, 0.717) is 11.8 Å². The highest BCUT2D eigenvalue weighted by atomic mass is 14.5. The van der Waals surface area contributed by atoms with Crippen molar-refractivity contribution in [3.05, 3.63) is 23.9 Å². The lowest BCUT2D eigenvalue weighted by Gasteiger charge is -2.09. The third kappa shape index (κ3) is 4.22. The molecule has 0 heterocycles. The van der Waals surface area contributed by atoms with E-state index in [2.05, 4.69) is 39.8 Å². The molecule has 0 aromatic carbocycles. The van der Waals surface area contributed by atoms with Crippen molar-refractivity contribution in [1.82, 2.24) is 0 Å². The molecule has 0 fully saturated rings. The van der Waals surface area contributed by atoms with Crippen LogP contribution in [-0.2, 0) is 0 Å². The minimum Gasteiger partial charge on any atom is -0.404 e. The number of allylic oxidation sites excluding steroid dienone is 3. The zero-order valence-corrected chi connectivity index (χ0v) is 8.67. The Labute approximate surface area is 76.3 Å². The fourth-order valence-electron chi connectivity index (χ4n) is 0.789. The maximum absolute atomic E-state index is 5.43. The Morgan fingerprint density at radius 1 is 1.33 bits per heavy atom. The van der Waals surface area contributed by atoms with Crippen molar-refractivity contribution in [2.75, 3.05) is 0 Å². The predicted octanol–water partition coefficient (Wildman–Crippen LogP) is 3.09. The molecule has 1 atom stereocenters. The van der Waals surface area contributed by atoms with E-state index in [1.807, 2.05) is 0 Å².